The van der Waals surface area contributed by atoms with Crippen LogP contribution < -0.4 is 4.90 Å². The molecule has 8 aromatic rings. The minimum absolute atomic E-state index is 0.275. The first-order chi connectivity index (χ1) is 27.7. The summed E-state index contributed by atoms with van der Waals surface area (Å²) in [4.78, 5) is 2.49. The van der Waals surface area contributed by atoms with Gasteiger partial charge in [0.2, 0.25) is 0 Å². The van der Waals surface area contributed by atoms with E-state index in [2.05, 4.69) is 224 Å². The second-order valence-electron chi connectivity index (χ2n) is 14.9. The lowest BCUT2D eigenvalue weighted by atomic mass is 9.76. The highest BCUT2D eigenvalue weighted by atomic mass is 15.2. The zero-order valence-corrected chi connectivity index (χ0v) is 31.7. The molecule has 1 unspecified atom stereocenters. The summed E-state index contributed by atoms with van der Waals surface area (Å²) in [6, 6.07) is 59.6. The number of aryl methyl sites for hydroxylation is 1. The second-order valence-corrected chi connectivity index (χ2v) is 14.9. The van der Waals surface area contributed by atoms with Crippen molar-refractivity contribution in [1.82, 2.24) is 4.57 Å². The third kappa shape index (κ3) is 5.65. The maximum atomic E-state index is 2.49. The fourth-order valence-electron chi connectivity index (χ4n) is 9.00. The molecule has 0 saturated heterocycles. The van der Waals surface area contributed by atoms with Crippen LogP contribution in [-0.2, 0) is 0 Å². The summed E-state index contributed by atoms with van der Waals surface area (Å²) < 4.78 is 2.42. The van der Waals surface area contributed by atoms with E-state index in [0.29, 0.717) is 0 Å². The van der Waals surface area contributed by atoms with Crippen molar-refractivity contribution in [3.05, 3.63) is 216 Å². The summed E-state index contributed by atoms with van der Waals surface area (Å²) >= 11 is 0. The van der Waals surface area contributed by atoms with E-state index >= 15 is 0 Å². The molecule has 56 heavy (non-hydrogen) atoms. The third-order valence-electron chi connectivity index (χ3n) is 11.6. The van der Waals surface area contributed by atoms with Gasteiger partial charge in [-0.1, -0.05) is 158 Å². The summed E-state index contributed by atoms with van der Waals surface area (Å²) in [5, 5.41) is 2.53. The molecule has 2 nitrogen and oxygen atoms in total. The highest BCUT2D eigenvalue weighted by molar-refractivity contribution is 6.09. The Hall–Kier alpha value is -6.90. The second kappa shape index (κ2) is 14.1. The summed E-state index contributed by atoms with van der Waals surface area (Å²) in [7, 11) is 0. The minimum Gasteiger partial charge on any atom is -0.314 e. The highest BCUT2D eigenvalue weighted by Crippen LogP contribution is 2.47. The van der Waals surface area contributed by atoms with Gasteiger partial charge < -0.3 is 9.47 Å². The molecule has 0 N–H and O–H groups in total. The van der Waals surface area contributed by atoms with Gasteiger partial charge in [0.25, 0.3) is 0 Å². The van der Waals surface area contributed by atoms with Crippen molar-refractivity contribution in [2.45, 2.75) is 20.3 Å². The molecule has 0 bridgehead atoms. The van der Waals surface area contributed by atoms with Crippen molar-refractivity contribution < 1.29 is 0 Å². The molecule has 10 rings (SSSR count). The number of benzene rings is 7. The highest BCUT2D eigenvalue weighted by Gasteiger charge is 2.29. The monoisotopic (exact) mass is 718 g/mol. The van der Waals surface area contributed by atoms with Crippen LogP contribution in [0.3, 0.4) is 0 Å². The van der Waals surface area contributed by atoms with E-state index in [4.69, 9.17) is 0 Å². The van der Waals surface area contributed by atoms with E-state index in [9.17, 15) is 0 Å². The standard InChI is InChI=1S/C54H42N2/c1-3-15-44-37(2)26-27-40-28-29-41-36-43(34-35-47(41)54(40)44)55(50-22-11-7-18-45(50)38-16-5-4-6-17-38)42-32-30-39(31-33-42)46-19-8-12-23-51(46)56-52-24-13-9-20-48(52)49-21-10-14-25-53(49)56/h3-35,41H,36H2,1-2H3/b15-3-. The summed E-state index contributed by atoms with van der Waals surface area (Å²) in [6.07, 6.45) is 14.8. The number of allylic oxidation sites excluding steroid dienone is 6. The lowest BCUT2D eigenvalue weighted by Crippen LogP contribution is -2.22. The van der Waals surface area contributed by atoms with Crippen molar-refractivity contribution in [2.24, 2.45) is 5.92 Å². The Labute approximate surface area is 329 Å². The molecule has 268 valence electrons. The van der Waals surface area contributed by atoms with Crippen molar-refractivity contribution in [3.63, 3.8) is 0 Å². The first kappa shape index (κ1) is 33.7. The molecule has 2 aliphatic carbocycles. The Morgan fingerprint density at radius 1 is 0.607 bits per heavy atom. The molecule has 7 aromatic carbocycles. The van der Waals surface area contributed by atoms with Crippen LogP contribution in [0.5, 0.6) is 0 Å². The molecule has 1 atom stereocenters. The van der Waals surface area contributed by atoms with E-state index < -0.39 is 0 Å². The molecule has 0 amide bonds. The SMILES string of the molecule is C/C=C\c1c(C)ccc2c1C1=CC=C(N(c3ccc(-c4ccccc4-n4c5ccccc5c5ccccc54)cc3)c3ccccc3-c3ccccc3)CC1C=C2. The molecular weight excluding hydrogens is 677 g/mol. The maximum Gasteiger partial charge on any atom is 0.0541 e. The van der Waals surface area contributed by atoms with Crippen LogP contribution in [0, 0.1) is 12.8 Å². The van der Waals surface area contributed by atoms with Crippen LogP contribution in [0.15, 0.2) is 194 Å². The van der Waals surface area contributed by atoms with Gasteiger partial charge >= 0.3 is 0 Å². The number of hydrogen-bond acceptors (Lipinski definition) is 1. The zero-order chi connectivity index (χ0) is 37.6. The van der Waals surface area contributed by atoms with Gasteiger partial charge in [-0.3, -0.25) is 0 Å². The third-order valence-corrected chi connectivity index (χ3v) is 11.6. The average Bonchev–Trinajstić information content (AvgIpc) is 3.59. The van der Waals surface area contributed by atoms with Crippen LogP contribution >= 0.6 is 0 Å². The van der Waals surface area contributed by atoms with Crippen LogP contribution in [0.2, 0.25) is 0 Å². The lowest BCUT2D eigenvalue weighted by molar-refractivity contribution is 0.783. The van der Waals surface area contributed by atoms with Crippen molar-refractivity contribution in [1.29, 1.82) is 0 Å². The number of aromatic nitrogens is 1. The van der Waals surface area contributed by atoms with Gasteiger partial charge in [0.1, 0.15) is 0 Å². The largest absolute Gasteiger partial charge is 0.314 e. The molecule has 0 spiro atoms. The normalized spacial score (nSPS) is 14.8. The maximum absolute atomic E-state index is 2.49. The molecule has 2 aliphatic rings. The van der Waals surface area contributed by atoms with Crippen molar-refractivity contribution in [2.75, 3.05) is 4.90 Å². The summed E-state index contributed by atoms with van der Waals surface area (Å²) in [5.41, 5.74) is 18.7. The van der Waals surface area contributed by atoms with Gasteiger partial charge in [-0.25, -0.2) is 0 Å². The van der Waals surface area contributed by atoms with E-state index in [-0.39, 0.29) is 5.92 Å². The van der Waals surface area contributed by atoms with Crippen molar-refractivity contribution >= 4 is 50.9 Å². The number of rotatable bonds is 7. The number of anilines is 2. The predicted octanol–water partition coefficient (Wildman–Crippen LogP) is 14.6. The van der Waals surface area contributed by atoms with Gasteiger partial charge in [-0.05, 0) is 102 Å². The Morgan fingerprint density at radius 2 is 1.25 bits per heavy atom. The molecular formula is C54H42N2. The number of fused-ring (bicyclic) bond motifs is 6. The van der Waals surface area contributed by atoms with Gasteiger partial charge in [0, 0.05) is 39.2 Å². The Balaban J connectivity index is 1.11. The zero-order valence-electron chi connectivity index (χ0n) is 31.7. The number of hydrogen-bond donors (Lipinski definition) is 0. The molecule has 0 radical (unpaired) electrons. The van der Waals surface area contributed by atoms with Gasteiger partial charge in [-0.15, -0.1) is 0 Å². The van der Waals surface area contributed by atoms with E-state index in [1.54, 1.807) is 0 Å². The van der Waals surface area contributed by atoms with Gasteiger partial charge in [-0.2, -0.15) is 0 Å². The average molecular weight is 719 g/mol. The van der Waals surface area contributed by atoms with Crippen molar-refractivity contribution in [3.8, 4) is 27.9 Å². The fraction of sp³-hybridized carbons (Fsp3) is 0.0741. The summed E-state index contributed by atoms with van der Waals surface area (Å²) in [6.45, 7) is 4.33. The Bertz CT molecular complexity index is 2850. The molecule has 0 aliphatic heterocycles. The van der Waals surface area contributed by atoms with E-state index in [1.165, 1.54) is 89.0 Å². The van der Waals surface area contributed by atoms with Crippen LogP contribution in [-0.4, -0.2) is 4.57 Å². The Morgan fingerprint density at radius 3 is 2.00 bits per heavy atom. The van der Waals surface area contributed by atoms with Crippen LogP contribution in [0.4, 0.5) is 11.4 Å². The smallest absolute Gasteiger partial charge is 0.0541 e. The number of para-hydroxylation sites is 4. The molecule has 0 fully saturated rings. The fourth-order valence-corrected chi connectivity index (χ4v) is 9.00. The van der Waals surface area contributed by atoms with E-state index in [0.717, 1.165) is 12.1 Å². The quantitative estimate of drug-likeness (QED) is 0.159. The predicted molar refractivity (Wildman–Crippen MR) is 239 cm³/mol. The first-order valence-electron chi connectivity index (χ1n) is 19.7. The van der Waals surface area contributed by atoms with Gasteiger partial charge in [0.05, 0.1) is 22.4 Å². The molecule has 2 heteroatoms. The minimum atomic E-state index is 0.275. The van der Waals surface area contributed by atoms with Gasteiger partial charge in [0.15, 0.2) is 0 Å². The molecule has 1 heterocycles. The van der Waals surface area contributed by atoms with Crippen LogP contribution in [0.25, 0.3) is 67.5 Å². The summed E-state index contributed by atoms with van der Waals surface area (Å²) in [5.74, 6) is 0.275. The van der Waals surface area contributed by atoms with Crippen LogP contribution in [0.1, 0.15) is 35.6 Å². The molecule has 0 saturated carbocycles. The number of nitrogens with zero attached hydrogens (tertiary/aromatic N) is 2. The first-order valence-corrected chi connectivity index (χ1v) is 19.7. The van der Waals surface area contributed by atoms with E-state index in [1.807, 2.05) is 0 Å². The topological polar surface area (TPSA) is 8.17 Å². The Kier molecular flexibility index (Phi) is 8.45. The molecule has 1 aromatic heterocycles. The lowest BCUT2D eigenvalue weighted by Gasteiger charge is -2.35.